The van der Waals surface area contributed by atoms with Crippen molar-refractivity contribution in [1.82, 2.24) is 19.9 Å². The lowest BCUT2D eigenvalue weighted by molar-refractivity contribution is 0.0845. The second-order valence-electron chi connectivity index (χ2n) is 7.07. The summed E-state index contributed by atoms with van der Waals surface area (Å²) >= 11 is 6.06. The Bertz CT molecular complexity index is 931. The van der Waals surface area contributed by atoms with Crippen LogP contribution in [0.1, 0.15) is 36.2 Å². The average molecular weight is 370 g/mol. The minimum atomic E-state index is 0.391. The summed E-state index contributed by atoms with van der Waals surface area (Å²) in [5.74, 6) is 2.92. The number of ether oxygens (including phenoxy) is 1. The quantitative estimate of drug-likeness (QED) is 0.765. The van der Waals surface area contributed by atoms with Crippen LogP contribution < -0.4 is 4.90 Å². The fraction of sp³-hybridized carbons (Fsp3) is 0.421. The molecule has 0 saturated carbocycles. The molecule has 2 fully saturated rings. The number of rotatable bonds is 3. The molecule has 26 heavy (non-hydrogen) atoms. The van der Waals surface area contributed by atoms with Crippen molar-refractivity contribution in [2.45, 2.75) is 24.7 Å². The molecule has 0 radical (unpaired) electrons. The van der Waals surface area contributed by atoms with Crippen molar-refractivity contribution < 1.29 is 4.74 Å². The summed E-state index contributed by atoms with van der Waals surface area (Å²) in [6, 6.07) is 7.90. The Balaban J connectivity index is 1.30. The molecule has 0 unspecified atom stereocenters. The van der Waals surface area contributed by atoms with Crippen molar-refractivity contribution in [1.29, 1.82) is 0 Å². The number of hydrogen-bond acceptors (Lipinski definition) is 5. The molecule has 0 bridgehead atoms. The van der Waals surface area contributed by atoms with Gasteiger partial charge in [-0.05, 0) is 31.0 Å². The molecule has 0 spiro atoms. The first-order chi connectivity index (χ1) is 12.8. The van der Waals surface area contributed by atoms with Crippen molar-refractivity contribution in [3.8, 4) is 0 Å². The maximum absolute atomic E-state index is 6.06. The molecule has 5 rings (SSSR count). The number of H-pyrrole nitrogens is 1. The third-order valence-corrected chi connectivity index (χ3v) is 5.60. The molecular weight excluding hydrogens is 350 g/mol. The first-order valence-electron chi connectivity index (χ1n) is 9.06. The van der Waals surface area contributed by atoms with Gasteiger partial charge in [-0.1, -0.05) is 11.6 Å². The number of nitrogens with zero attached hydrogens (tertiary/aromatic N) is 4. The Hall–Kier alpha value is -2.18. The molecule has 2 aromatic heterocycles. The van der Waals surface area contributed by atoms with E-state index in [9.17, 15) is 0 Å². The minimum absolute atomic E-state index is 0.391. The van der Waals surface area contributed by atoms with Crippen LogP contribution in [-0.4, -0.2) is 46.2 Å². The van der Waals surface area contributed by atoms with E-state index in [-0.39, 0.29) is 0 Å². The molecule has 0 atom stereocenters. The van der Waals surface area contributed by atoms with Gasteiger partial charge in [0.05, 0.1) is 17.0 Å². The first-order valence-corrected chi connectivity index (χ1v) is 9.44. The van der Waals surface area contributed by atoms with Crippen LogP contribution >= 0.6 is 11.6 Å². The van der Waals surface area contributed by atoms with Crippen molar-refractivity contribution in [2.24, 2.45) is 0 Å². The van der Waals surface area contributed by atoms with Crippen molar-refractivity contribution in [2.75, 3.05) is 31.2 Å². The van der Waals surface area contributed by atoms with Gasteiger partial charge in [0.15, 0.2) is 0 Å². The number of aromatic nitrogens is 4. The largest absolute Gasteiger partial charge is 0.381 e. The van der Waals surface area contributed by atoms with E-state index in [0.717, 1.165) is 72.5 Å². The Morgan fingerprint density at radius 2 is 1.92 bits per heavy atom. The van der Waals surface area contributed by atoms with Gasteiger partial charge in [-0.25, -0.2) is 15.0 Å². The molecule has 2 aliphatic heterocycles. The highest BCUT2D eigenvalue weighted by molar-refractivity contribution is 6.31. The van der Waals surface area contributed by atoms with Gasteiger partial charge < -0.3 is 14.6 Å². The Labute approximate surface area is 156 Å². The van der Waals surface area contributed by atoms with E-state index in [1.54, 1.807) is 6.33 Å². The zero-order valence-corrected chi connectivity index (χ0v) is 15.1. The summed E-state index contributed by atoms with van der Waals surface area (Å²) in [5, 5.41) is 0.726. The molecule has 134 valence electrons. The number of fused-ring (bicyclic) bond motifs is 1. The number of imidazole rings is 1. The second kappa shape index (κ2) is 6.52. The van der Waals surface area contributed by atoms with Gasteiger partial charge in [0.2, 0.25) is 0 Å². The van der Waals surface area contributed by atoms with Gasteiger partial charge in [0, 0.05) is 49.0 Å². The van der Waals surface area contributed by atoms with Crippen LogP contribution in [-0.2, 0) is 4.74 Å². The standard InChI is InChI=1S/C19H20ClN5O/c20-14-1-2-15-17(7-14)24-19(23-15)13-9-25(10-13)18-8-16(21-11-22-18)12-3-5-26-6-4-12/h1-2,7-8,11-13H,3-6,9-10H2,(H,23,24). The van der Waals surface area contributed by atoms with Crippen LogP contribution in [0.15, 0.2) is 30.6 Å². The third-order valence-electron chi connectivity index (χ3n) is 5.37. The summed E-state index contributed by atoms with van der Waals surface area (Å²) in [5.41, 5.74) is 3.10. The van der Waals surface area contributed by atoms with Gasteiger partial charge in [-0.2, -0.15) is 0 Å². The molecular formula is C19H20ClN5O. The lowest BCUT2D eigenvalue weighted by Crippen LogP contribution is -2.46. The summed E-state index contributed by atoms with van der Waals surface area (Å²) in [7, 11) is 0. The lowest BCUT2D eigenvalue weighted by Gasteiger charge is -2.39. The van der Waals surface area contributed by atoms with Gasteiger partial charge in [-0.15, -0.1) is 0 Å². The molecule has 3 aromatic rings. The molecule has 0 aliphatic carbocycles. The number of nitrogens with one attached hydrogen (secondary N) is 1. The van der Waals surface area contributed by atoms with E-state index < -0.39 is 0 Å². The van der Waals surface area contributed by atoms with Crippen LogP contribution in [0.4, 0.5) is 5.82 Å². The lowest BCUT2D eigenvalue weighted by atomic mass is 9.95. The van der Waals surface area contributed by atoms with E-state index in [1.807, 2.05) is 18.2 Å². The predicted molar refractivity (Wildman–Crippen MR) is 101 cm³/mol. The summed E-state index contributed by atoms with van der Waals surface area (Å²) < 4.78 is 5.45. The van der Waals surface area contributed by atoms with Gasteiger partial charge in [0.1, 0.15) is 18.0 Å². The predicted octanol–water partition coefficient (Wildman–Crippen LogP) is 3.50. The zero-order valence-electron chi connectivity index (χ0n) is 14.4. The highest BCUT2D eigenvalue weighted by atomic mass is 35.5. The normalized spacial score (nSPS) is 19.0. The van der Waals surface area contributed by atoms with E-state index in [0.29, 0.717) is 11.8 Å². The number of aromatic amines is 1. The molecule has 0 amide bonds. The van der Waals surface area contributed by atoms with Crippen LogP contribution in [0.3, 0.4) is 0 Å². The zero-order chi connectivity index (χ0) is 17.5. The monoisotopic (exact) mass is 369 g/mol. The van der Waals surface area contributed by atoms with E-state index in [2.05, 4.69) is 25.9 Å². The molecule has 4 heterocycles. The van der Waals surface area contributed by atoms with Crippen LogP contribution in [0.2, 0.25) is 5.02 Å². The Morgan fingerprint density at radius 1 is 1.08 bits per heavy atom. The fourth-order valence-electron chi connectivity index (χ4n) is 3.78. The molecule has 6 nitrogen and oxygen atoms in total. The average Bonchev–Trinajstić information content (AvgIpc) is 3.04. The minimum Gasteiger partial charge on any atom is -0.381 e. The summed E-state index contributed by atoms with van der Waals surface area (Å²) in [4.78, 5) is 19.4. The summed E-state index contributed by atoms with van der Waals surface area (Å²) in [6.45, 7) is 3.48. The van der Waals surface area contributed by atoms with E-state index in [1.165, 1.54) is 0 Å². The van der Waals surface area contributed by atoms with E-state index >= 15 is 0 Å². The molecule has 2 aliphatic rings. The topological polar surface area (TPSA) is 66.9 Å². The maximum Gasteiger partial charge on any atom is 0.132 e. The third kappa shape index (κ3) is 2.93. The Kier molecular flexibility index (Phi) is 4.02. The Morgan fingerprint density at radius 3 is 2.77 bits per heavy atom. The fourth-order valence-corrected chi connectivity index (χ4v) is 3.96. The number of anilines is 1. The van der Waals surface area contributed by atoms with Crippen molar-refractivity contribution >= 4 is 28.5 Å². The van der Waals surface area contributed by atoms with Gasteiger partial charge in [-0.3, -0.25) is 0 Å². The van der Waals surface area contributed by atoms with Gasteiger partial charge >= 0.3 is 0 Å². The van der Waals surface area contributed by atoms with Crippen LogP contribution in [0.5, 0.6) is 0 Å². The smallest absolute Gasteiger partial charge is 0.132 e. The van der Waals surface area contributed by atoms with Crippen LogP contribution in [0, 0.1) is 0 Å². The highest BCUT2D eigenvalue weighted by Crippen LogP contribution is 2.32. The number of hydrogen-bond donors (Lipinski definition) is 1. The summed E-state index contributed by atoms with van der Waals surface area (Å²) in [6.07, 6.45) is 3.78. The first kappa shape index (κ1) is 16.0. The van der Waals surface area contributed by atoms with Gasteiger partial charge in [0.25, 0.3) is 0 Å². The SMILES string of the molecule is Clc1ccc2nc(C3CN(c4cc(C5CCOCC5)ncn4)C3)[nH]c2c1. The van der Waals surface area contributed by atoms with E-state index in [4.69, 9.17) is 21.3 Å². The number of benzene rings is 1. The number of halogens is 1. The molecule has 7 heteroatoms. The molecule has 2 saturated heterocycles. The van der Waals surface area contributed by atoms with Crippen molar-refractivity contribution in [3.63, 3.8) is 0 Å². The highest BCUT2D eigenvalue weighted by Gasteiger charge is 2.32. The second-order valence-corrected chi connectivity index (χ2v) is 7.51. The van der Waals surface area contributed by atoms with Crippen LogP contribution in [0.25, 0.3) is 11.0 Å². The molecule has 1 N–H and O–H groups in total. The van der Waals surface area contributed by atoms with Crippen molar-refractivity contribution in [3.05, 3.63) is 47.1 Å². The maximum atomic E-state index is 6.06. The molecule has 1 aromatic carbocycles.